The summed E-state index contributed by atoms with van der Waals surface area (Å²) in [5.74, 6) is 1.45. The van der Waals surface area contributed by atoms with Crippen molar-refractivity contribution in [1.29, 1.82) is 0 Å². The van der Waals surface area contributed by atoms with Crippen molar-refractivity contribution in [3.8, 4) is 5.75 Å². The number of ketones is 3. The molecule has 1 N–H and O–H groups in total. The highest BCUT2D eigenvalue weighted by molar-refractivity contribution is 6.07. The van der Waals surface area contributed by atoms with Crippen LogP contribution in [0, 0.1) is 12.8 Å². The lowest BCUT2D eigenvalue weighted by molar-refractivity contribution is -0.139. The number of aldehydes is 1. The van der Waals surface area contributed by atoms with Crippen molar-refractivity contribution in [3.63, 3.8) is 0 Å². The summed E-state index contributed by atoms with van der Waals surface area (Å²) >= 11 is 0. The van der Waals surface area contributed by atoms with Gasteiger partial charge in [-0.05, 0) is 86.4 Å². The van der Waals surface area contributed by atoms with Gasteiger partial charge in [-0.15, -0.1) is 0 Å². The van der Waals surface area contributed by atoms with Crippen molar-refractivity contribution in [3.05, 3.63) is 185 Å². The lowest BCUT2D eigenvalue weighted by Crippen LogP contribution is -2.40. The van der Waals surface area contributed by atoms with Gasteiger partial charge in [-0.3, -0.25) is 19.2 Å². The summed E-state index contributed by atoms with van der Waals surface area (Å²) in [4.78, 5) is 45.3. The number of aryl methyl sites for hydroxylation is 1. The molecule has 6 rings (SSSR count). The first-order valence-corrected chi connectivity index (χ1v) is 18.2. The Kier molecular flexibility index (Phi) is 15.8. The third-order valence-electron chi connectivity index (χ3n) is 9.21. The highest BCUT2D eigenvalue weighted by Crippen LogP contribution is 2.32. The van der Waals surface area contributed by atoms with E-state index in [1.54, 1.807) is 48.6 Å². The SMILES string of the molecule is CC(=O)C1(O)CCC(C)CC1.Cc1ccc(OCc2ccc(/C=C/C(=O)c3ccccc3)cc2)cc1.O=Cc1ccc(/C=C/C(=O)c2ccccc2)cc1. The largest absolute Gasteiger partial charge is 0.489 e. The molecule has 54 heavy (non-hydrogen) atoms. The Morgan fingerprint density at radius 2 is 1.11 bits per heavy atom. The summed E-state index contributed by atoms with van der Waals surface area (Å²) in [7, 11) is 0. The molecule has 0 saturated heterocycles. The lowest BCUT2D eigenvalue weighted by Gasteiger charge is -2.32. The van der Waals surface area contributed by atoms with Crippen LogP contribution in [0.3, 0.4) is 0 Å². The first-order valence-electron chi connectivity index (χ1n) is 18.2. The van der Waals surface area contributed by atoms with Crippen molar-refractivity contribution < 1.29 is 29.0 Å². The molecule has 0 unspecified atom stereocenters. The van der Waals surface area contributed by atoms with Crippen LogP contribution >= 0.6 is 0 Å². The summed E-state index contributed by atoms with van der Waals surface area (Å²) in [6.45, 7) is 6.23. The average Bonchev–Trinajstić information content (AvgIpc) is 3.21. The van der Waals surface area contributed by atoms with Gasteiger partial charge in [0.15, 0.2) is 17.3 Å². The van der Waals surface area contributed by atoms with Crippen LogP contribution in [0.15, 0.2) is 146 Å². The van der Waals surface area contributed by atoms with Gasteiger partial charge >= 0.3 is 0 Å². The molecule has 0 aromatic heterocycles. The van der Waals surface area contributed by atoms with Gasteiger partial charge in [0, 0.05) is 16.7 Å². The van der Waals surface area contributed by atoms with Crippen molar-refractivity contribution in [1.82, 2.24) is 0 Å². The molecule has 0 spiro atoms. The molecule has 1 saturated carbocycles. The van der Waals surface area contributed by atoms with E-state index in [-0.39, 0.29) is 17.3 Å². The fraction of sp³-hybridized carbons (Fsp3) is 0.208. The average molecular weight is 721 g/mol. The summed E-state index contributed by atoms with van der Waals surface area (Å²) in [6.07, 6.45) is 10.8. The molecule has 0 amide bonds. The summed E-state index contributed by atoms with van der Waals surface area (Å²) < 4.78 is 5.77. The fourth-order valence-corrected chi connectivity index (χ4v) is 5.54. The maximum Gasteiger partial charge on any atom is 0.185 e. The van der Waals surface area contributed by atoms with E-state index < -0.39 is 5.60 Å². The summed E-state index contributed by atoms with van der Waals surface area (Å²) in [5, 5.41) is 9.72. The molecule has 0 aliphatic heterocycles. The van der Waals surface area contributed by atoms with E-state index in [2.05, 4.69) is 13.8 Å². The first kappa shape index (κ1) is 40.8. The van der Waals surface area contributed by atoms with E-state index in [4.69, 9.17) is 4.74 Å². The Labute approximate surface area is 318 Å². The highest BCUT2D eigenvalue weighted by atomic mass is 16.5. The minimum absolute atomic E-state index is 0.00683. The zero-order chi connectivity index (χ0) is 38.8. The Bertz CT molecular complexity index is 1980. The number of hydrogen-bond acceptors (Lipinski definition) is 6. The van der Waals surface area contributed by atoms with Gasteiger partial charge < -0.3 is 9.84 Å². The topological polar surface area (TPSA) is 97.7 Å². The van der Waals surface area contributed by atoms with Crippen molar-refractivity contribution in [2.24, 2.45) is 5.92 Å². The standard InChI is InChI=1S/C23H20O2.C16H12O2.C9H16O2/c1-18-7-14-22(15-8-18)25-17-20-11-9-19(10-12-20)13-16-23(24)21-5-3-2-4-6-21;17-12-14-8-6-13(7-9-14)10-11-16(18)15-4-2-1-3-5-15;1-7-3-5-9(11,6-4-7)8(2)10/h2-16H,17H2,1H3;1-12H;7,11H,3-6H2,1-2H3/b16-13+;11-10+;. The maximum absolute atomic E-state index is 12.1. The van der Waals surface area contributed by atoms with E-state index in [1.165, 1.54) is 18.6 Å². The van der Waals surface area contributed by atoms with Gasteiger partial charge in [0.1, 0.15) is 24.2 Å². The molecule has 5 aromatic carbocycles. The smallest absolute Gasteiger partial charge is 0.185 e. The van der Waals surface area contributed by atoms with E-state index >= 15 is 0 Å². The van der Waals surface area contributed by atoms with Crippen LogP contribution in [0.2, 0.25) is 0 Å². The van der Waals surface area contributed by atoms with Gasteiger partial charge in [0.25, 0.3) is 0 Å². The molecule has 5 aromatic rings. The highest BCUT2D eigenvalue weighted by Gasteiger charge is 2.35. The van der Waals surface area contributed by atoms with E-state index in [0.717, 1.165) is 41.6 Å². The second kappa shape index (κ2) is 20.9. The Morgan fingerprint density at radius 1 is 0.667 bits per heavy atom. The lowest BCUT2D eigenvalue weighted by atomic mass is 9.78. The molecule has 276 valence electrons. The fourth-order valence-electron chi connectivity index (χ4n) is 5.54. The molecular weight excluding hydrogens is 673 g/mol. The van der Waals surface area contributed by atoms with Crippen LogP contribution in [0.5, 0.6) is 5.75 Å². The first-order chi connectivity index (χ1) is 26.0. The summed E-state index contributed by atoms with van der Waals surface area (Å²) in [6, 6.07) is 41.4. The quantitative estimate of drug-likeness (QED) is 0.0829. The van der Waals surface area contributed by atoms with Crippen molar-refractivity contribution in [2.45, 2.75) is 58.7 Å². The van der Waals surface area contributed by atoms with Gasteiger partial charge in [0.2, 0.25) is 0 Å². The Balaban J connectivity index is 0.000000195. The van der Waals surface area contributed by atoms with Crippen LogP contribution in [-0.2, 0) is 11.4 Å². The molecule has 0 heterocycles. The predicted molar refractivity (Wildman–Crippen MR) is 217 cm³/mol. The normalized spacial score (nSPS) is 16.3. The number of carbonyl (C=O) groups excluding carboxylic acids is 4. The molecule has 0 atom stereocenters. The predicted octanol–water partition coefficient (Wildman–Crippen LogP) is 10.4. The van der Waals surface area contributed by atoms with E-state index in [0.29, 0.717) is 42.1 Å². The molecule has 1 aliphatic carbocycles. The van der Waals surface area contributed by atoms with Crippen LogP contribution in [0.1, 0.15) is 92.9 Å². The number of benzene rings is 5. The number of aliphatic hydroxyl groups is 1. The number of Topliss-reactive ketones (excluding diaryl/α,β-unsaturated/α-hetero) is 1. The van der Waals surface area contributed by atoms with Gasteiger partial charge in [-0.2, -0.15) is 0 Å². The van der Waals surface area contributed by atoms with Crippen LogP contribution < -0.4 is 4.74 Å². The minimum Gasteiger partial charge on any atom is -0.489 e. The third-order valence-corrected chi connectivity index (χ3v) is 9.21. The number of allylic oxidation sites excluding steroid dienone is 2. The van der Waals surface area contributed by atoms with E-state index in [9.17, 15) is 24.3 Å². The van der Waals surface area contributed by atoms with Crippen molar-refractivity contribution in [2.75, 3.05) is 0 Å². The Hall–Kier alpha value is -5.98. The monoisotopic (exact) mass is 720 g/mol. The number of carbonyl (C=O) groups is 4. The van der Waals surface area contributed by atoms with E-state index in [1.807, 2.05) is 103 Å². The third kappa shape index (κ3) is 13.5. The molecule has 6 heteroatoms. The molecule has 1 aliphatic rings. The summed E-state index contributed by atoms with van der Waals surface area (Å²) in [5.41, 5.74) is 5.20. The van der Waals surface area contributed by atoms with Crippen LogP contribution in [0.4, 0.5) is 0 Å². The molecule has 6 nitrogen and oxygen atoms in total. The van der Waals surface area contributed by atoms with Crippen LogP contribution in [-0.4, -0.2) is 34.3 Å². The van der Waals surface area contributed by atoms with Crippen molar-refractivity contribution >= 4 is 35.8 Å². The van der Waals surface area contributed by atoms with Crippen LogP contribution in [0.25, 0.3) is 12.2 Å². The second-order valence-corrected chi connectivity index (χ2v) is 13.5. The molecule has 0 bridgehead atoms. The Morgan fingerprint density at radius 3 is 1.56 bits per heavy atom. The van der Waals surface area contributed by atoms with Gasteiger partial charge in [-0.1, -0.05) is 146 Å². The van der Waals surface area contributed by atoms with Gasteiger partial charge in [0.05, 0.1) is 0 Å². The molecule has 0 radical (unpaired) electrons. The number of ether oxygens (including phenoxy) is 1. The minimum atomic E-state index is -0.980. The maximum atomic E-state index is 12.1. The van der Waals surface area contributed by atoms with Gasteiger partial charge in [-0.25, -0.2) is 0 Å². The second-order valence-electron chi connectivity index (χ2n) is 13.5. The molecular formula is C48H48O6. The number of hydrogen-bond donors (Lipinski definition) is 1. The zero-order valence-corrected chi connectivity index (χ0v) is 31.2. The molecule has 1 fully saturated rings. The number of rotatable bonds is 11. The zero-order valence-electron chi connectivity index (χ0n) is 31.2.